The Labute approximate surface area is 111 Å². The molecule has 0 spiro atoms. The molecule has 2 aromatic rings. The van der Waals surface area contributed by atoms with Crippen LogP contribution in [-0.2, 0) is 10.0 Å². The van der Waals surface area contributed by atoms with Crippen molar-refractivity contribution in [2.75, 3.05) is 4.72 Å². The van der Waals surface area contributed by atoms with Crippen LogP contribution in [0.3, 0.4) is 0 Å². The summed E-state index contributed by atoms with van der Waals surface area (Å²) < 4.78 is 26.6. The first-order valence-electron chi connectivity index (χ1n) is 5.69. The van der Waals surface area contributed by atoms with Gasteiger partial charge in [-0.2, -0.15) is 0 Å². The summed E-state index contributed by atoms with van der Waals surface area (Å²) in [5.74, 6) is 0.103. The molecule has 5 heteroatoms. The Balaban J connectivity index is 2.19. The number of hydrogen-bond donors (Lipinski definition) is 2. The molecular weight excluding hydrogens is 262 g/mol. The van der Waals surface area contributed by atoms with Crippen LogP contribution in [0, 0.1) is 0 Å². The van der Waals surface area contributed by atoms with Crippen molar-refractivity contribution in [3.8, 4) is 5.75 Å². The maximum Gasteiger partial charge on any atom is 0.262 e. The van der Waals surface area contributed by atoms with Gasteiger partial charge in [-0.15, -0.1) is 0 Å². The third kappa shape index (κ3) is 2.08. The van der Waals surface area contributed by atoms with Crippen molar-refractivity contribution in [2.45, 2.75) is 0 Å². The zero-order chi connectivity index (χ0) is 13.5. The third-order valence-electron chi connectivity index (χ3n) is 2.89. The van der Waals surface area contributed by atoms with Crippen molar-refractivity contribution in [2.24, 2.45) is 0 Å². The number of fused-ring (bicyclic) bond motifs is 1. The molecule has 0 aromatic heterocycles. The number of phenolic OH excluding ortho intramolecular Hbond substituents is 1. The number of hydrogen-bond acceptors (Lipinski definition) is 3. The van der Waals surface area contributed by atoms with Crippen molar-refractivity contribution in [1.29, 1.82) is 0 Å². The van der Waals surface area contributed by atoms with Crippen molar-refractivity contribution >= 4 is 26.7 Å². The molecule has 0 radical (unpaired) electrons. The molecule has 2 N–H and O–H groups in total. The van der Waals surface area contributed by atoms with Crippen LogP contribution >= 0.6 is 0 Å². The summed E-state index contributed by atoms with van der Waals surface area (Å²) in [6.07, 6.45) is 1.55. The molecule has 1 heterocycles. The van der Waals surface area contributed by atoms with E-state index in [9.17, 15) is 13.5 Å². The van der Waals surface area contributed by atoms with E-state index in [4.69, 9.17) is 0 Å². The Morgan fingerprint density at radius 3 is 2.63 bits per heavy atom. The first-order chi connectivity index (χ1) is 9.06. The molecule has 0 aliphatic carbocycles. The lowest BCUT2D eigenvalue weighted by Crippen LogP contribution is -2.05. The molecule has 0 atom stereocenters. The van der Waals surface area contributed by atoms with Gasteiger partial charge in [0.2, 0.25) is 0 Å². The van der Waals surface area contributed by atoms with E-state index in [0.29, 0.717) is 16.8 Å². The largest absolute Gasteiger partial charge is 0.508 e. The molecular formula is C14H11NO3S. The monoisotopic (exact) mass is 273 g/mol. The molecule has 2 aromatic carbocycles. The van der Waals surface area contributed by atoms with Crippen LogP contribution < -0.4 is 4.72 Å². The van der Waals surface area contributed by atoms with Gasteiger partial charge in [0, 0.05) is 5.56 Å². The fraction of sp³-hybridized carbons (Fsp3) is 0. The van der Waals surface area contributed by atoms with E-state index in [-0.39, 0.29) is 10.7 Å². The maximum absolute atomic E-state index is 12.1. The van der Waals surface area contributed by atoms with Crippen LogP contribution in [0.25, 0.3) is 11.0 Å². The number of benzene rings is 2. The second-order valence-corrected chi connectivity index (χ2v) is 5.91. The first kappa shape index (κ1) is 11.8. The highest BCUT2D eigenvalue weighted by atomic mass is 32.2. The Bertz CT molecular complexity index is 779. The van der Waals surface area contributed by atoms with Gasteiger partial charge in [0.05, 0.1) is 10.6 Å². The summed E-state index contributed by atoms with van der Waals surface area (Å²) >= 11 is 0. The molecule has 3 rings (SSSR count). The molecule has 1 aliphatic rings. The average Bonchev–Trinajstić information content (AvgIpc) is 2.61. The fourth-order valence-electron chi connectivity index (χ4n) is 2.05. The Morgan fingerprint density at radius 1 is 1.05 bits per heavy atom. The zero-order valence-electron chi connectivity index (χ0n) is 9.87. The fourth-order valence-corrected chi connectivity index (χ4v) is 3.39. The van der Waals surface area contributed by atoms with Crippen molar-refractivity contribution in [3.63, 3.8) is 0 Å². The summed E-state index contributed by atoms with van der Waals surface area (Å²) in [5.41, 5.74) is 1.86. The number of phenols is 1. The van der Waals surface area contributed by atoms with Crippen LogP contribution in [0.1, 0.15) is 11.1 Å². The van der Waals surface area contributed by atoms with Gasteiger partial charge in [-0.1, -0.05) is 30.3 Å². The zero-order valence-corrected chi connectivity index (χ0v) is 10.7. The number of sulfonamides is 1. The second-order valence-electron chi connectivity index (χ2n) is 4.25. The van der Waals surface area contributed by atoms with Gasteiger partial charge in [-0.3, -0.25) is 4.72 Å². The molecule has 19 heavy (non-hydrogen) atoms. The number of anilines is 1. The predicted octanol–water partition coefficient (Wildman–Crippen LogP) is 2.65. The van der Waals surface area contributed by atoms with Crippen molar-refractivity contribution < 1.29 is 13.5 Å². The van der Waals surface area contributed by atoms with Crippen LogP contribution in [0.2, 0.25) is 0 Å². The lowest BCUT2D eigenvalue weighted by Gasteiger charge is -2.00. The second kappa shape index (κ2) is 4.13. The van der Waals surface area contributed by atoms with E-state index in [1.807, 2.05) is 0 Å². The predicted molar refractivity (Wildman–Crippen MR) is 75.0 cm³/mol. The Morgan fingerprint density at radius 2 is 1.84 bits per heavy atom. The highest BCUT2D eigenvalue weighted by molar-refractivity contribution is 8.02. The minimum Gasteiger partial charge on any atom is -0.508 e. The molecule has 0 fully saturated rings. The molecule has 0 bridgehead atoms. The normalized spacial score (nSPS) is 18.0. The van der Waals surface area contributed by atoms with E-state index < -0.39 is 10.0 Å². The quantitative estimate of drug-likeness (QED) is 0.839. The van der Waals surface area contributed by atoms with Gasteiger partial charge in [-0.05, 0) is 29.8 Å². The van der Waals surface area contributed by atoms with Crippen LogP contribution in [0.5, 0.6) is 5.75 Å². The molecule has 0 saturated carbocycles. The highest BCUT2D eigenvalue weighted by Crippen LogP contribution is 2.37. The molecule has 1 aliphatic heterocycles. The molecule has 4 nitrogen and oxygen atoms in total. The number of rotatable bonds is 1. The van der Waals surface area contributed by atoms with Gasteiger partial charge < -0.3 is 5.11 Å². The topological polar surface area (TPSA) is 66.4 Å². The number of nitrogens with one attached hydrogen (secondary N) is 1. The first-order valence-corrected chi connectivity index (χ1v) is 7.17. The summed E-state index contributed by atoms with van der Waals surface area (Å²) in [6.45, 7) is 0. The van der Waals surface area contributed by atoms with Gasteiger partial charge in [0.15, 0.2) is 0 Å². The van der Waals surface area contributed by atoms with E-state index in [2.05, 4.69) is 4.72 Å². The van der Waals surface area contributed by atoms with E-state index in [0.717, 1.165) is 0 Å². The van der Waals surface area contributed by atoms with E-state index in [1.54, 1.807) is 42.5 Å². The highest BCUT2D eigenvalue weighted by Gasteiger charge is 2.29. The molecule has 0 unspecified atom stereocenters. The summed E-state index contributed by atoms with van der Waals surface area (Å²) in [4.78, 5) is 0.216. The summed E-state index contributed by atoms with van der Waals surface area (Å²) in [6, 6.07) is 13.5. The lowest BCUT2D eigenvalue weighted by molar-refractivity contribution is 0.475. The Kier molecular flexibility index (Phi) is 2.57. The maximum atomic E-state index is 12.1. The number of aromatic hydroxyl groups is 1. The van der Waals surface area contributed by atoms with Crippen LogP contribution in [0.15, 0.2) is 48.5 Å². The molecule has 0 saturated heterocycles. The van der Waals surface area contributed by atoms with E-state index >= 15 is 0 Å². The van der Waals surface area contributed by atoms with Gasteiger partial charge in [0.25, 0.3) is 10.0 Å². The SMILES string of the molecule is O=S1(=O)Nc2ccccc2C1=Cc1cccc(O)c1. The van der Waals surface area contributed by atoms with E-state index in [1.165, 1.54) is 12.1 Å². The summed E-state index contributed by atoms with van der Waals surface area (Å²) in [5, 5.41) is 9.42. The van der Waals surface area contributed by atoms with Gasteiger partial charge in [-0.25, -0.2) is 8.42 Å². The van der Waals surface area contributed by atoms with Crippen molar-refractivity contribution in [1.82, 2.24) is 0 Å². The lowest BCUT2D eigenvalue weighted by atomic mass is 10.1. The average molecular weight is 273 g/mol. The van der Waals surface area contributed by atoms with Gasteiger partial charge >= 0.3 is 0 Å². The molecule has 96 valence electrons. The Hall–Kier alpha value is -2.27. The van der Waals surface area contributed by atoms with Crippen molar-refractivity contribution in [3.05, 3.63) is 59.7 Å². The summed E-state index contributed by atoms with van der Waals surface area (Å²) in [7, 11) is -3.53. The minimum atomic E-state index is -3.53. The smallest absolute Gasteiger partial charge is 0.262 e. The van der Waals surface area contributed by atoms with Gasteiger partial charge in [0.1, 0.15) is 5.75 Å². The number of para-hydroxylation sites is 1. The van der Waals surface area contributed by atoms with Crippen LogP contribution in [-0.4, -0.2) is 13.5 Å². The standard InChI is InChI=1S/C14H11NO3S/c16-11-5-3-4-10(8-11)9-14-12-6-1-2-7-13(12)15-19(14,17)18/h1-9,15-16H. The van der Waals surface area contributed by atoms with Crippen LogP contribution in [0.4, 0.5) is 5.69 Å². The third-order valence-corrected chi connectivity index (χ3v) is 4.30. The minimum absolute atomic E-state index is 0.103. The molecule has 0 amide bonds.